The number of carbonyl (C=O) groups excluding carboxylic acids is 2. The van der Waals surface area contributed by atoms with Crippen molar-refractivity contribution in [2.75, 3.05) is 5.75 Å². The second kappa shape index (κ2) is 6.37. The summed E-state index contributed by atoms with van der Waals surface area (Å²) in [7, 11) is -4.05. The Morgan fingerprint density at radius 2 is 1.47 bits per heavy atom. The first-order valence-electron chi connectivity index (χ1n) is 9.36. The number of hydrogen-bond acceptors (Lipinski definition) is 8. The minimum atomic E-state index is -4.05. The fourth-order valence-electron chi connectivity index (χ4n) is 4.60. The minimum absolute atomic E-state index is 0.00247. The van der Waals surface area contributed by atoms with Crippen LogP contribution < -0.4 is 0 Å². The number of benzene rings is 2. The number of phenols is 2. The number of aliphatic hydroxyl groups is 2. The third kappa shape index (κ3) is 2.55. The monoisotopic (exact) mass is 432 g/mol. The predicted octanol–water partition coefficient (Wildman–Crippen LogP) is 1.54. The molecule has 0 bridgehead atoms. The van der Waals surface area contributed by atoms with E-state index in [1.807, 2.05) is 0 Å². The zero-order chi connectivity index (χ0) is 22.2. The van der Waals surface area contributed by atoms with Crippen molar-refractivity contribution in [1.82, 2.24) is 0 Å². The van der Waals surface area contributed by atoms with Crippen LogP contribution in [0.2, 0.25) is 0 Å². The highest BCUT2D eigenvalue weighted by atomic mass is 32.2. The second-order valence-electron chi connectivity index (χ2n) is 7.89. The van der Waals surface area contributed by atoms with Crippen molar-refractivity contribution in [3.63, 3.8) is 0 Å². The highest BCUT2D eigenvalue weighted by Crippen LogP contribution is 2.56. The lowest BCUT2D eigenvalue weighted by Crippen LogP contribution is -2.44. The molecule has 9 heteroatoms. The molecule has 2 aromatic carbocycles. The molecular weight excluding hydrogens is 412 g/mol. The lowest BCUT2D eigenvalue weighted by molar-refractivity contribution is -0.0134. The molecule has 0 unspecified atom stereocenters. The molecule has 0 fully saturated rings. The number of aliphatic hydroxyl groups excluding tert-OH is 1. The number of aromatic hydroxyl groups is 2. The molecule has 4 rings (SSSR count). The quantitative estimate of drug-likeness (QED) is 0.446. The molecule has 0 heterocycles. The molecule has 2 aliphatic rings. The van der Waals surface area contributed by atoms with Crippen molar-refractivity contribution < 1.29 is 38.4 Å². The molecule has 0 radical (unpaired) electrons. The molecule has 0 saturated carbocycles. The molecule has 2 aliphatic carbocycles. The maximum absolute atomic E-state index is 13.1. The molecule has 0 spiro atoms. The molecular formula is C21H20O8S. The predicted molar refractivity (Wildman–Crippen MR) is 105 cm³/mol. The molecule has 8 nitrogen and oxygen atoms in total. The Kier molecular flexibility index (Phi) is 4.36. The summed E-state index contributed by atoms with van der Waals surface area (Å²) in [6.45, 7) is 2.56. The van der Waals surface area contributed by atoms with E-state index in [2.05, 4.69) is 0 Å². The molecule has 2 aromatic rings. The van der Waals surface area contributed by atoms with Gasteiger partial charge in [0.1, 0.15) is 16.7 Å². The Morgan fingerprint density at radius 1 is 1.00 bits per heavy atom. The Labute approximate surface area is 172 Å². The van der Waals surface area contributed by atoms with Gasteiger partial charge in [-0.1, -0.05) is 31.2 Å². The van der Waals surface area contributed by atoms with Crippen LogP contribution in [0.3, 0.4) is 0 Å². The van der Waals surface area contributed by atoms with E-state index >= 15 is 0 Å². The van der Waals surface area contributed by atoms with Crippen LogP contribution in [-0.4, -0.2) is 51.8 Å². The first-order valence-corrected chi connectivity index (χ1v) is 11.1. The van der Waals surface area contributed by atoms with Crippen molar-refractivity contribution in [3.05, 3.63) is 57.6 Å². The van der Waals surface area contributed by atoms with Gasteiger partial charge in [0, 0.05) is 34.4 Å². The number of fused-ring (bicyclic) bond motifs is 3. The molecule has 0 amide bonds. The highest BCUT2D eigenvalue weighted by Gasteiger charge is 2.53. The van der Waals surface area contributed by atoms with Crippen LogP contribution in [-0.2, 0) is 9.84 Å². The topological polar surface area (TPSA) is 149 Å². The highest BCUT2D eigenvalue weighted by molar-refractivity contribution is 7.91. The molecule has 3 atom stereocenters. The zero-order valence-electron chi connectivity index (χ0n) is 16.2. The smallest absolute Gasteiger partial charge is 0.198 e. The number of carbonyl (C=O) groups is 2. The van der Waals surface area contributed by atoms with E-state index in [0.29, 0.717) is 0 Å². The molecule has 0 aromatic heterocycles. The summed E-state index contributed by atoms with van der Waals surface area (Å²) in [5.74, 6) is -3.47. The van der Waals surface area contributed by atoms with Gasteiger partial charge in [-0.3, -0.25) is 9.59 Å². The number of hydrogen-bond donors (Lipinski definition) is 4. The van der Waals surface area contributed by atoms with Crippen LogP contribution in [0, 0.1) is 0 Å². The SMILES string of the molecule is CCS(=O)(=O)[C@@H]1c2c(O)c3c(c(O)c2[C@@H](O)C[C@@]1(C)O)C(=O)c1ccccc1C3=O. The van der Waals surface area contributed by atoms with Gasteiger partial charge >= 0.3 is 0 Å². The van der Waals surface area contributed by atoms with E-state index in [9.17, 15) is 38.4 Å². The summed E-state index contributed by atoms with van der Waals surface area (Å²) in [4.78, 5) is 26.1. The summed E-state index contributed by atoms with van der Waals surface area (Å²) >= 11 is 0. The van der Waals surface area contributed by atoms with Crippen LogP contribution >= 0.6 is 0 Å². The first-order chi connectivity index (χ1) is 13.9. The van der Waals surface area contributed by atoms with Crippen molar-refractivity contribution in [2.24, 2.45) is 0 Å². The standard InChI is InChI=1S/C21H20O8S/c1-3-30(28,29)20-15-12(11(22)8-21(20,2)27)18(25)13-14(19(15)26)17(24)10-7-5-4-6-9(10)16(13)23/h4-7,11,20,22,25-27H,3,8H2,1-2H3/t11-,20+,21+/m0/s1. The number of ketones is 2. The Balaban J connectivity index is 2.14. The largest absolute Gasteiger partial charge is 0.507 e. The van der Waals surface area contributed by atoms with Gasteiger partial charge in [-0.15, -0.1) is 0 Å². The van der Waals surface area contributed by atoms with Gasteiger partial charge in [0.2, 0.25) is 0 Å². The Hall–Kier alpha value is -2.75. The van der Waals surface area contributed by atoms with Crippen LogP contribution in [0.1, 0.15) is 74.6 Å². The summed E-state index contributed by atoms with van der Waals surface area (Å²) in [6.07, 6.45) is -2.01. The first kappa shape index (κ1) is 20.5. The molecule has 158 valence electrons. The van der Waals surface area contributed by atoms with E-state index in [0.717, 1.165) is 0 Å². The Bertz CT molecular complexity index is 1230. The van der Waals surface area contributed by atoms with Crippen LogP contribution in [0.4, 0.5) is 0 Å². The summed E-state index contributed by atoms with van der Waals surface area (Å²) in [5, 5.41) is 41.6. The van der Waals surface area contributed by atoms with Gasteiger partial charge in [-0.2, -0.15) is 0 Å². The Morgan fingerprint density at radius 3 is 1.93 bits per heavy atom. The lowest BCUT2D eigenvalue weighted by Gasteiger charge is -2.41. The van der Waals surface area contributed by atoms with Gasteiger partial charge in [0.05, 0.1) is 22.8 Å². The van der Waals surface area contributed by atoms with Crippen molar-refractivity contribution in [3.8, 4) is 11.5 Å². The number of phenolic OH excluding ortho intramolecular Hbond substituents is 2. The van der Waals surface area contributed by atoms with Gasteiger partial charge in [-0.25, -0.2) is 8.42 Å². The summed E-state index contributed by atoms with van der Waals surface area (Å²) in [5.41, 5.74) is -3.78. The maximum atomic E-state index is 13.1. The zero-order valence-corrected chi connectivity index (χ0v) is 17.0. The van der Waals surface area contributed by atoms with Gasteiger partial charge in [-0.05, 0) is 6.92 Å². The van der Waals surface area contributed by atoms with Crippen LogP contribution in [0.15, 0.2) is 24.3 Å². The third-order valence-corrected chi connectivity index (χ3v) is 8.19. The molecule has 0 aliphatic heterocycles. The van der Waals surface area contributed by atoms with Crippen molar-refractivity contribution in [1.29, 1.82) is 0 Å². The van der Waals surface area contributed by atoms with Crippen LogP contribution in [0.5, 0.6) is 11.5 Å². The van der Waals surface area contributed by atoms with Crippen molar-refractivity contribution in [2.45, 2.75) is 37.2 Å². The van der Waals surface area contributed by atoms with Gasteiger partial charge in [0.15, 0.2) is 21.4 Å². The van der Waals surface area contributed by atoms with E-state index < -0.39 is 78.7 Å². The van der Waals surface area contributed by atoms with Crippen LogP contribution in [0.25, 0.3) is 0 Å². The van der Waals surface area contributed by atoms with E-state index in [-0.39, 0.29) is 16.7 Å². The second-order valence-corrected chi connectivity index (χ2v) is 10.3. The maximum Gasteiger partial charge on any atom is 0.198 e. The summed E-state index contributed by atoms with van der Waals surface area (Å²) in [6, 6.07) is 5.86. The average molecular weight is 432 g/mol. The van der Waals surface area contributed by atoms with E-state index in [1.165, 1.54) is 32.0 Å². The fraction of sp³-hybridized carbons (Fsp3) is 0.333. The number of sulfone groups is 1. The van der Waals surface area contributed by atoms with E-state index in [1.54, 1.807) is 6.07 Å². The number of rotatable bonds is 2. The normalized spacial score (nSPS) is 25.5. The van der Waals surface area contributed by atoms with Gasteiger partial charge in [0.25, 0.3) is 0 Å². The minimum Gasteiger partial charge on any atom is -0.507 e. The fourth-order valence-corrected chi connectivity index (χ4v) is 6.40. The molecule has 0 saturated heterocycles. The summed E-state index contributed by atoms with van der Waals surface area (Å²) < 4.78 is 25.7. The van der Waals surface area contributed by atoms with Crippen molar-refractivity contribution >= 4 is 21.4 Å². The lowest BCUT2D eigenvalue weighted by atomic mass is 9.73. The molecule has 30 heavy (non-hydrogen) atoms. The third-order valence-electron chi connectivity index (χ3n) is 5.92. The van der Waals surface area contributed by atoms with E-state index in [4.69, 9.17) is 0 Å². The average Bonchev–Trinajstić information content (AvgIpc) is 2.67. The molecule has 4 N–H and O–H groups in total. The van der Waals surface area contributed by atoms with Gasteiger partial charge < -0.3 is 20.4 Å².